The van der Waals surface area contributed by atoms with Crippen LogP contribution in [0.1, 0.15) is 91.4 Å². The largest absolute Gasteiger partial charge is 0.438 e. The molecule has 7 atom stereocenters. The first-order valence-electron chi connectivity index (χ1n) is 15.2. The number of allylic oxidation sites excluding steroid dienone is 3. The lowest BCUT2D eigenvalue weighted by Crippen LogP contribution is -2.55. The highest BCUT2D eigenvalue weighted by molar-refractivity contribution is 5.39. The molecule has 0 amide bonds. The lowest BCUT2D eigenvalue weighted by Gasteiger charge is -2.45. The van der Waals surface area contributed by atoms with Crippen LogP contribution in [0.15, 0.2) is 35.5 Å². The molecule has 0 radical (unpaired) electrons. The second-order valence-corrected chi connectivity index (χ2v) is 14.3. The van der Waals surface area contributed by atoms with Crippen LogP contribution >= 0.6 is 0 Å². The molecule has 242 valence electrons. The number of aliphatic hydroxyl groups is 4. The minimum atomic E-state index is -5.99. The molecule has 4 saturated carbocycles. The summed E-state index contributed by atoms with van der Waals surface area (Å²) in [4.78, 5) is 0. The lowest BCUT2D eigenvalue weighted by atomic mass is 9.59. The Labute approximate surface area is 249 Å². The normalized spacial score (nSPS) is 37.3. The van der Waals surface area contributed by atoms with Gasteiger partial charge >= 0.3 is 18.0 Å². The van der Waals surface area contributed by atoms with Crippen molar-refractivity contribution >= 4 is 0 Å². The first-order valence-corrected chi connectivity index (χ1v) is 15.2. The number of hydrogen-bond donors (Lipinski definition) is 4. The predicted octanol–water partition coefficient (Wildman–Crippen LogP) is 6.93. The van der Waals surface area contributed by atoms with E-state index in [1.54, 1.807) is 13.8 Å². The fourth-order valence-electron chi connectivity index (χ4n) is 8.37. The molecular weight excluding hydrogens is 574 g/mol. The zero-order valence-corrected chi connectivity index (χ0v) is 25.1. The lowest BCUT2D eigenvalue weighted by molar-refractivity contribution is -0.343. The van der Waals surface area contributed by atoms with E-state index in [0.717, 1.165) is 37.7 Å². The van der Waals surface area contributed by atoms with E-state index in [1.807, 2.05) is 12.2 Å². The molecule has 0 aromatic rings. The summed E-state index contributed by atoms with van der Waals surface area (Å²) >= 11 is 0. The fraction of sp³-hybridized carbons (Fsp3) is 0.758. The third-order valence-electron chi connectivity index (χ3n) is 10.8. The van der Waals surface area contributed by atoms with E-state index in [9.17, 15) is 46.8 Å². The molecule has 10 heteroatoms. The van der Waals surface area contributed by atoms with Crippen molar-refractivity contribution in [1.82, 2.24) is 0 Å². The number of aliphatic hydroxyl groups excluding tert-OH is 2. The molecule has 4 nitrogen and oxygen atoms in total. The van der Waals surface area contributed by atoms with Crippen molar-refractivity contribution in [1.29, 1.82) is 0 Å². The smallest absolute Gasteiger partial charge is 0.393 e. The van der Waals surface area contributed by atoms with Crippen molar-refractivity contribution in [3.8, 4) is 11.8 Å². The first-order chi connectivity index (χ1) is 19.6. The Morgan fingerprint density at radius 1 is 1.02 bits per heavy atom. The van der Waals surface area contributed by atoms with Crippen molar-refractivity contribution in [2.24, 2.45) is 28.6 Å². The van der Waals surface area contributed by atoms with Gasteiger partial charge in [-0.3, -0.25) is 0 Å². The maximum atomic E-state index is 13.3. The Bertz CT molecular complexity index is 1180. The van der Waals surface area contributed by atoms with Gasteiger partial charge in [-0.15, -0.1) is 0 Å². The third kappa shape index (κ3) is 6.61. The van der Waals surface area contributed by atoms with Crippen LogP contribution in [-0.4, -0.2) is 56.2 Å². The maximum Gasteiger partial charge on any atom is 0.438 e. The van der Waals surface area contributed by atoms with Crippen LogP contribution in [0.3, 0.4) is 0 Å². The monoisotopic (exact) mass is 618 g/mol. The van der Waals surface area contributed by atoms with Crippen LogP contribution in [0.5, 0.6) is 0 Å². The summed E-state index contributed by atoms with van der Waals surface area (Å²) in [6, 6.07) is 0. The van der Waals surface area contributed by atoms with Gasteiger partial charge in [-0.25, -0.2) is 0 Å². The van der Waals surface area contributed by atoms with Crippen LogP contribution in [0, 0.1) is 40.4 Å². The van der Waals surface area contributed by atoms with E-state index in [-0.39, 0.29) is 36.0 Å². The van der Waals surface area contributed by atoms with Gasteiger partial charge in [-0.05, 0) is 117 Å². The molecule has 4 aliphatic rings. The predicted molar refractivity (Wildman–Crippen MR) is 150 cm³/mol. The van der Waals surface area contributed by atoms with Crippen LogP contribution in [0.25, 0.3) is 0 Å². The van der Waals surface area contributed by atoms with Gasteiger partial charge in [0.2, 0.25) is 0 Å². The van der Waals surface area contributed by atoms with Crippen molar-refractivity contribution in [2.45, 2.75) is 127 Å². The highest BCUT2D eigenvalue weighted by atomic mass is 19.4. The standard InChI is InChI=1S/C33H44F6O4/c1-20-22(17-24(40)18-26(20)41)9-8-21-7-5-13-29(4)25(21)10-11-27(29)30(19-23(30)12-16-28(2,3)42)14-6-15-31(43,32(34,35)36)33(37,38)39/h8-9,23-27,40-43H,1,5,7,10-14,16-19H2,2-4H3/b21-8+,22-9-/t23-,24-,25?,26+,27+,29+,30-/m1/s1. The molecular formula is C33H44F6O4. The third-order valence-corrected chi connectivity index (χ3v) is 10.8. The summed E-state index contributed by atoms with van der Waals surface area (Å²) in [7, 11) is 0. The maximum absolute atomic E-state index is 13.3. The summed E-state index contributed by atoms with van der Waals surface area (Å²) in [6.45, 7) is 9.49. The van der Waals surface area contributed by atoms with Crippen LogP contribution in [-0.2, 0) is 0 Å². The number of rotatable bonds is 6. The SMILES string of the molecule is C=C1/C(=C\C=C2/CCC[C@@]3(C)C2CC[C@@H]3[C@]2(CC#CC(O)(C(F)(F)F)C(F)(F)F)C[C@H]2CCC(C)(C)O)C[C@@H](O)C[C@@H]1O. The van der Waals surface area contributed by atoms with Crippen molar-refractivity contribution < 1.29 is 46.8 Å². The number of fused-ring (bicyclic) bond motifs is 1. The van der Waals surface area contributed by atoms with Crippen LogP contribution in [0.4, 0.5) is 26.3 Å². The van der Waals surface area contributed by atoms with Crippen molar-refractivity contribution in [2.75, 3.05) is 0 Å². The summed E-state index contributed by atoms with van der Waals surface area (Å²) in [6.07, 6.45) is -3.23. The summed E-state index contributed by atoms with van der Waals surface area (Å²) < 4.78 is 79.9. The van der Waals surface area contributed by atoms with Gasteiger partial charge in [0.25, 0.3) is 0 Å². The van der Waals surface area contributed by atoms with Gasteiger partial charge in [-0.1, -0.05) is 37.1 Å². The minimum absolute atomic E-state index is 0.000569. The van der Waals surface area contributed by atoms with E-state index in [0.29, 0.717) is 31.3 Å². The Morgan fingerprint density at radius 3 is 2.28 bits per heavy atom. The number of halogens is 6. The van der Waals surface area contributed by atoms with Crippen molar-refractivity contribution in [3.63, 3.8) is 0 Å². The molecule has 4 aliphatic carbocycles. The molecule has 0 spiro atoms. The van der Waals surface area contributed by atoms with Gasteiger partial charge in [0.15, 0.2) is 0 Å². The second-order valence-electron chi connectivity index (χ2n) is 14.3. The molecule has 4 fully saturated rings. The summed E-state index contributed by atoms with van der Waals surface area (Å²) in [5.41, 5.74) is -4.32. The zero-order chi connectivity index (χ0) is 32.2. The quantitative estimate of drug-likeness (QED) is 0.192. The number of hydrogen-bond acceptors (Lipinski definition) is 4. The Hall–Kier alpha value is -1.80. The van der Waals surface area contributed by atoms with Gasteiger partial charge < -0.3 is 20.4 Å². The molecule has 4 rings (SSSR count). The molecule has 0 aromatic heterocycles. The van der Waals surface area contributed by atoms with Gasteiger partial charge in [-0.2, -0.15) is 26.3 Å². The van der Waals surface area contributed by atoms with Crippen LogP contribution in [0.2, 0.25) is 0 Å². The minimum Gasteiger partial charge on any atom is -0.393 e. The molecule has 0 saturated heterocycles. The molecule has 0 heterocycles. The topological polar surface area (TPSA) is 80.9 Å². The van der Waals surface area contributed by atoms with Gasteiger partial charge in [0, 0.05) is 12.8 Å². The molecule has 0 aromatic carbocycles. The van der Waals surface area contributed by atoms with E-state index in [4.69, 9.17) is 0 Å². The Kier molecular flexibility index (Phi) is 9.14. The van der Waals surface area contributed by atoms with Crippen LogP contribution < -0.4 is 0 Å². The van der Waals surface area contributed by atoms with E-state index >= 15 is 0 Å². The zero-order valence-electron chi connectivity index (χ0n) is 25.1. The molecule has 0 bridgehead atoms. The van der Waals surface area contributed by atoms with E-state index < -0.39 is 41.2 Å². The van der Waals surface area contributed by atoms with E-state index in [1.165, 1.54) is 11.5 Å². The average Bonchev–Trinajstić information content (AvgIpc) is 3.44. The fourth-order valence-corrected chi connectivity index (χ4v) is 8.37. The highest BCUT2D eigenvalue weighted by Gasteiger charge is 2.70. The highest BCUT2D eigenvalue weighted by Crippen LogP contribution is 2.73. The molecule has 4 N–H and O–H groups in total. The molecule has 43 heavy (non-hydrogen) atoms. The Morgan fingerprint density at radius 2 is 1.67 bits per heavy atom. The second kappa shape index (κ2) is 11.5. The average molecular weight is 619 g/mol. The first kappa shape index (κ1) is 34.1. The summed E-state index contributed by atoms with van der Waals surface area (Å²) in [5.74, 6) is 3.51. The number of alkyl halides is 6. The summed E-state index contributed by atoms with van der Waals surface area (Å²) in [5, 5.41) is 40.3. The molecule has 1 unspecified atom stereocenters. The van der Waals surface area contributed by atoms with Gasteiger partial charge in [0.1, 0.15) is 0 Å². The Balaban J connectivity index is 1.64. The van der Waals surface area contributed by atoms with E-state index in [2.05, 4.69) is 19.4 Å². The van der Waals surface area contributed by atoms with Gasteiger partial charge in [0.05, 0.1) is 17.8 Å². The molecule has 0 aliphatic heterocycles. The van der Waals surface area contributed by atoms with Crippen molar-refractivity contribution in [3.05, 3.63) is 35.5 Å².